The summed E-state index contributed by atoms with van der Waals surface area (Å²) >= 11 is 0. The molecule has 1 aromatic rings. The molecule has 0 aliphatic carbocycles. The Balaban J connectivity index is 3.42. The van der Waals surface area contributed by atoms with Crippen molar-refractivity contribution in [2.24, 2.45) is 39.8 Å². The van der Waals surface area contributed by atoms with Gasteiger partial charge in [0.25, 0.3) is 0 Å². The summed E-state index contributed by atoms with van der Waals surface area (Å²) in [7, 11) is 1.32. The second-order valence-electron chi connectivity index (χ2n) is 13.9. The minimum absolute atomic E-state index is 0.0311. The molecule has 19 heteroatoms. The second-order valence-corrected chi connectivity index (χ2v) is 13.9. The van der Waals surface area contributed by atoms with Crippen LogP contribution in [0, 0.1) is 11.8 Å². The van der Waals surface area contributed by atoms with E-state index in [1.807, 2.05) is 27.7 Å². The summed E-state index contributed by atoms with van der Waals surface area (Å²) in [6, 6.07) is 1.01. The van der Waals surface area contributed by atoms with Crippen LogP contribution in [0.25, 0.3) is 0 Å². The molecule has 0 radical (unpaired) electrons. The minimum atomic E-state index is -1.67. The molecule has 302 valence electrons. The lowest BCUT2D eigenvalue weighted by molar-refractivity contribution is -0.146. The Kier molecular flexibility index (Phi) is 20.2. The number of nitrogens with one attached hydrogen (secondary N) is 4. The number of hydrogen-bond donors (Lipinski definition) is 10. The number of primary amides is 1. The third-order valence-electron chi connectivity index (χ3n) is 8.18. The molecule has 0 fully saturated rings. The Morgan fingerprint density at radius 2 is 1.28 bits per heavy atom. The maximum Gasteiger partial charge on any atom is 0.326 e. The van der Waals surface area contributed by atoms with Crippen molar-refractivity contribution in [3.63, 3.8) is 0 Å². The zero-order chi connectivity index (χ0) is 41.1. The summed E-state index contributed by atoms with van der Waals surface area (Å²) in [6.07, 6.45) is -0.236. The highest BCUT2D eigenvalue weighted by atomic mass is 16.4. The van der Waals surface area contributed by atoms with Crippen LogP contribution in [0.1, 0.15) is 65.4 Å². The number of nitrogens with two attached hydrogens (primary N) is 4. The van der Waals surface area contributed by atoms with Gasteiger partial charge in [0.15, 0.2) is 5.96 Å². The average Bonchev–Trinajstić information content (AvgIpc) is 3.08. The SMILES string of the molecule is CC(C)C[C@H](NC(=O)[C@H](Cc1ccccc1)NC(=O)[C@@H](N)CO)C(=O)N[C@@H](CC(C)C)C(=O)N(C)[C@@H](CCCN=C(N)N)C(=O)N[C@@H](CC(N)=O)C(=O)O. The predicted octanol–water partition coefficient (Wildman–Crippen LogP) is -2.58. The summed E-state index contributed by atoms with van der Waals surface area (Å²) in [5.74, 6) is -6.71. The van der Waals surface area contributed by atoms with E-state index in [0.29, 0.717) is 5.56 Å². The van der Waals surface area contributed by atoms with E-state index in [9.17, 15) is 43.8 Å². The van der Waals surface area contributed by atoms with E-state index in [4.69, 9.17) is 22.9 Å². The number of rotatable bonds is 24. The summed E-state index contributed by atoms with van der Waals surface area (Å²) in [4.78, 5) is 96.0. The third-order valence-corrected chi connectivity index (χ3v) is 8.18. The molecular formula is C35H58N10O9. The lowest BCUT2D eigenvalue weighted by atomic mass is 9.98. The van der Waals surface area contributed by atoms with E-state index >= 15 is 0 Å². The molecule has 6 atom stereocenters. The van der Waals surface area contributed by atoms with Gasteiger partial charge in [-0.15, -0.1) is 0 Å². The van der Waals surface area contributed by atoms with E-state index in [-0.39, 0.29) is 56.4 Å². The summed E-state index contributed by atoms with van der Waals surface area (Å²) < 4.78 is 0. The Hall–Kier alpha value is -5.30. The molecule has 1 rings (SSSR count). The van der Waals surface area contributed by atoms with Crippen LogP contribution in [0.2, 0.25) is 0 Å². The first kappa shape index (κ1) is 46.7. The van der Waals surface area contributed by atoms with Gasteiger partial charge in [0.1, 0.15) is 36.3 Å². The summed E-state index contributed by atoms with van der Waals surface area (Å²) in [6.45, 7) is 6.71. The van der Waals surface area contributed by atoms with Gasteiger partial charge in [0.05, 0.1) is 13.0 Å². The first-order chi connectivity index (χ1) is 25.3. The van der Waals surface area contributed by atoms with Gasteiger partial charge in [-0.25, -0.2) is 4.79 Å². The number of aliphatic carboxylic acids is 1. The molecule has 0 spiro atoms. The molecular weight excluding hydrogens is 704 g/mol. The lowest BCUT2D eigenvalue weighted by Gasteiger charge is -2.33. The predicted molar refractivity (Wildman–Crippen MR) is 200 cm³/mol. The van der Waals surface area contributed by atoms with Gasteiger partial charge >= 0.3 is 5.97 Å². The van der Waals surface area contributed by atoms with Crippen molar-refractivity contribution in [3.05, 3.63) is 35.9 Å². The summed E-state index contributed by atoms with van der Waals surface area (Å²) in [5.41, 5.74) is 22.4. The quantitative estimate of drug-likeness (QED) is 0.0295. The van der Waals surface area contributed by atoms with Gasteiger partial charge < -0.3 is 59.3 Å². The van der Waals surface area contributed by atoms with E-state index in [0.717, 1.165) is 4.90 Å². The molecule has 0 unspecified atom stereocenters. The van der Waals surface area contributed by atoms with Gasteiger partial charge in [-0.1, -0.05) is 58.0 Å². The van der Waals surface area contributed by atoms with Crippen molar-refractivity contribution in [1.82, 2.24) is 26.2 Å². The molecule has 0 heterocycles. The number of amides is 6. The molecule has 6 amide bonds. The normalized spacial score (nSPS) is 14.4. The van der Waals surface area contributed by atoms with E-state index in [1.165, 1.54) is 7.05 Å². The van der Waals surface area contributed by atoms with Gasteiger partial charge in [-0.05, 0) is 43.1 Å². The van der Waals surface area contributed by atoms with Crippen molar-refractivity contribution >= 4 is 47.4 Å². The molecule has 54 heavy (non-hydrogen) atoms. The van der Waals surface area contributed by atoms with Crippen LogP contribution in [0.5, 0.6) is 0 Å². The topological polar surface area (TPSA) is 328 Å². The number of likely N-dealkylation sites (N-methyl/N-ethyl adjacent to an activating group) is 1. The number of carbonyl (C=O) groups is 7. The van der Waals surface area contributed by atoms with E-state index in [2.05, 4.69) is 26.3 Å². The van der Waals surface area contributed by atoms with E-state index < -0.39 is 90.7 Å². The van der Waals surface area contributed by atoms with Crippen LogP contribution in [0.4, 0.5) is 0 Å². The fraction of sp³-hybridized carbons (Fsp3) is 0.600. The highest BCUT2D eigenvalue weighted by Gasteiger charge is 2.36. The number of carbonyl (C=O) groups excluding carboxylic acids is 6. The number of carboxylic acid groups (broad SMARTS) is 1. The average molecular weight is 763 g/mol. The number of aliphatic imine (C=N–C) groups is 1. The van der Waals surface area contributed by atoms with Gasteiger partial charge in [0.2, 0.25) is 35.4 Å². The highest BCUT2D eigenvalue weighted by molar-refractivity contribution is 5.96. The molecule has 1 aromatic carbocycles. The Morgan fingerprint density at radius 1 is 0.759 bits per heavy atom. The fourth-order valence-electron chi connectivity index (χ4n) is 5.42. The number of guanidine groups is 1. The number of nitrogens with zero attached hydrogens (tertiary/aromatic N) is 2. The standard InChI is InChI=1S/C35H58N10O9/c1-19(2)14-23(42-31(50)24(41-29(48)22(36)18-46)16-21-10-7-6-8-11-21)30(49)43-25(15-20(3)4)33(52)45(5)27(12-9-13-40-35(38)39)32(51)44-26(34(53)54)17-28(37)47/h6-8,10-11,19-20,22-27,46H,9,12-18,36H2,1-5H3,(H2,37,47)(H,41,48)(H,42,50)(H,43,49)(H,44,51)(H,53,54)(H4,38,39,40)/t22-,23-,24-,25-,26-,27-/m0/s1. The van der Waals surface area contributed by atoms with Crippen LogP contribution in [-0.2, 0) is 40.0 Å². The highest BCUT2D eigenvalue weighted by Crippen LogP contribution is 2.15. The van der Waals surface area contributed by atoms with Crippen molar-refractivity contribution in [2.75, 3.05) is 20.2 Å². The molecule has 0 aliphatic heterocycles. The molecule has 0 aromatic heterocycles. The van der Waals surface area contributed by atoms with Gasteiger partial charge in [-0.2, -0.15) is 0 Å². The molecule has 0 aliphatic rings. The molecule has 19 nitrogen and oxygen atoms in total. The Labute approximate surface area is 315 Å². The molecule has 0 saturated heterocycles. The van der Waals surface area contributed by atoms with Crippen LogP contribution >= 0.6 is 0 Å². The number of aliphatic hydroxyl groups is 1. The van der Waals surface area contributed by atoms with Crippen LogP contribution in [0.3, 0.4) is 0 Å². The lowest BCUT2D eigenvalue weighted by Crippen LogP contribution is -2.60. The van der Waals surface area contributed by atoms with Crippen LogP contribution < -0.4 is 44.2 Å². The maximum absolute atomic E-state index is 14.1. The van der Waals surface area contributed by atoms with Crippen LogP contribution in [0.15, 0.2) is 35.3 Å². The number of benzene rings is 1. The largest absolute Gasteiger partial charge is 0.480 e. The molecule has 14 N–H and O–H groups in total. The van der Waals surface area contributed by atoms with Gasteiger partial charge in [0, 0.05) is 20.0 Å². The van der Waals surface area contributed by atoms with Crippen molar-refractivity contribution in [1.29, 1.82) is 0 Å². The minimum Gasteiger partial charge on any atom is -0.480 e. The smallest absolute Gasteiger partial charge is 0.326 e. The Morgan fingerprint density at radius 3 is 1.80 bits per heavy atom. The molecule has 0 saturated carbocycles. The molecule has 0 bridgehead atoms. The Bertz CT molecular complexity index is 1450. The maximum atomic E-state index is 14.1. The fourth-order valence-corrected chi connectivity index (χ4v) is 5.42. The van der Waals surface area contributed by atoms with Crippen molar-refractivity contribution in [2.45, 2.75) is 102 Å². The van der Waals surface area contributed by atoms with Crippen molar-refractivity contribution < 1.29 is 43.8 Å². The first-order valence-corrected chi connectivity index (χ1v) is 17.7. The second kappa shape index (κ2) is 23.4. The van der Waals surface area contributed by atoms with E-state index in [1.54, 1.807) is 30.3 Å². The summed E-state index contributed by atoms with van der Waals surface area (Å²) in [5, 5.41) is 29.2. The monoisotopic (exact) mass is 762 g/mol. The zero-order valence-corrected chi connectivity index (χ0v) is 31.6. The number of carboxylic acids is 1. The van der Waals surface area contributed by atoms with Crippen molar-refractivity contribution in [3.8, 4) is 0 Å². The first-order valence-electron chi connectivity index (χ1n) is 17.7. The van der Waals surface area contributed by atoms with Crippen LogP contribution in [-0.4, -0.2) is 119 Å². The number of hydrogen-bond acceptors (Lipinski definition) is 10. The third kappa shape index (κ3) is 17.0. The zero-order valence-electron chi connectivity index (χ0n) is 31.6. The number of aliphatic hydroxyl groups excluding tert-OH is 1. The van der Waals surface area contributed by atoms with Gasteiger partial charge in [-0.3, -0.25) is 33.8 Å².